The first-order valence-electron chi connectivity index (χ1n) is 5.38. The van der Waals surface area contributed by atoms with E-state index in [1.54, 1.807) is 6.92 Å². The fraction of sp³-hybridized carbons (Fsp3) is 0.545. The van der Waals surface area contributed by atoms with Crippen LogP contribution >= 0.6 is 0 Å². The van der Waals surface area contributed by atoms with Gasteiger partial charge in [-0.05, 0) is 18.6 Å². The molecule has 6 heteroatoms. The Balaban J connectivity index is 2.30. The van der Waals surface area contributed by atoms with Gasteiger partial charge in [0.2, 0.25) is 0 Å². The van der Waals surface area contributed by atoms with E-state index in [0.29, 0.717) is 6.42 Å². The lowest BCUT2D eigenvalue weighted by Gasteiger charge is -2.48. The molecule has 1 aromatic heterocycles. The fourth-order valence-electron chi connectivity index (χ4n) is 2.07. The van der Waals surface area contributed by atoms with Crippen LogP contribution in [0.3, 0.4) is 0 Å². The highest BCUT2D eigenvalue weighted by Gasteiger charge is 2.66. The first-order valence-corrected chi connectivity index (χ1v) is 5.38. The predicted octanol–water partition coefficient (Wildman–Crippen LogP) is 1.57. The number of alkyl halides is 2. The molecule has 1 aromatic rings. The topological polar surface area (TPSA) is 53.7 Å². The molecule has 1 aliphatic rings. The molecule has 17 heavy (non-hydrogen) atoms. The molecule has 0 unspecified atom stereocenters. The van der Waals surface area contributed by atoms with Gasteiger partial charge in [-0.2, -0.15) is 8.78 Å². The minimum atomic E-state index is -3.44. The average Bonchev–Trinajstić information content (AvgIpc) is 2.81. The molecular weight excluding hydrogens is 232 g/mol. The van der Waals surface area contributed by atoms with E-state index in [9.17, 15) is 13.6 Å². The predicted molar refractivity (Wildman–Crippen MR) is 54.4 cm³/mol. The van der Waals surface area contributed by atoms with E-state index in [4.69, 9.17) is 9.52 Å². The Morgan fingerprint density at radius 3 is 2.82 bits per heavy atom. The maximum atomic E-state index is 13.5. The molecule has 0 aromatic carbocycles. The Morgan fingerprint density at radius 1 is 1.65 bits per heavy atom. The first-order chi connectivity index (χ1) is 8.04. The lowest BCUT2D eigenvalue weighted by Crippen LogP contribution is -2.67. The van der Waals surface area contributed by atoms with Crippen LogP contribution in [0.2, 0.25) is 0 Å². The molecule has 0 aliphatic carbocycles. The summed E-state index contributed by atoms with van der Waals surface area (Å²) in [5.74, 6) is -4.65. The summed E-state index contributed by atoms with van der Waals surface area (Å²) in [5, 5.41) is 9.10. The third-order valence-corrected chi connectivity index (χ3v) is 3.03. The Hall–Kier alpha value is -1.43. The molecule has 0 radical (unpaired) electrons. The van der Waals surface area contributed by atoms with Gasteiger partial charge in [0, 0.05) is 0 Å². The largest absolute Gasteiger partial charge is 0.467 e. The minimum Gasteiger partial charge on any atom is -0.467 e. The summed E-state index contributed by atoms with van der Waals surface area (Å²) in [6.45, 7) is 1.39. The molecule has 0 spiro atoms. The SMILES string of the molecule is CC[C@@H](CO)N1C(=O)C(F)(F)[C@@H]1c1ccco1. The normalized spacial score (nSPS) is 24.6. The molecule has 1 fully saturated rings. The van der Waals surface area contributed by atoms with E-state index in [2.05, 4.69) is 0 Å². The third kappa shape index (κ3) is 1.63. The molecule has 2 heterocycles. The molecule has 2 atom stereocenters. The Bertz CT molecular complexity index is 401. The highest BCUT2D eigenvalue weighted by molar-refractivity contribution is 5.91. The van der Waals surface area contributed by atoms with Gasteiger partial charge >= 0.3 is 5.92 Å². The van der Waals surface area contributed by atoms with Gasteiger partial charge in [0.05, 0.1) is 18.9 Å². The Labute approximate surface area is 96.8 Å². The van der Waals surface area contributed by atoms with Gasteiger partial charge in [-0.1, -0.05) is 6.92 Å². The van der Waals surface area contributed by atoms with Crippen molar-refractivity contribution in [2.75, 3.05) is 6.61 Å². The van der Waals surface area contributed by atoms with Gasteiger partial charge in [-0.15, -0.1) is 0 Å². The quantitative estimate of drug-likeness (QED) is 0.819. The maximum absolute atomic E-state index is 13.5. The number of carbonyl (C=O) groups is 1. The van der Waals surface area contributed by atoms with Crippen LogP contribution in [0, 0.1) is 0 Å². The van der Waals surface area contributed by atoms with Gasteiger partial charge in [-0.25, -0.2) is 0 Å². The van der Waals surface area contributed by atoms with Crippen LogP contribution in [0.15, 0.2) is 22.8 Å². The molecule has 0 bridgehead atoms. The molecular formula is C11H13F2NO3. The zero-order valence-electron chi connectivity index (χ0n) is 9.27. The van der Waals surface area contributed by atoms with Gasteiger partial charge in [-0.3, -0.25) is 4.79 Å². The number of halogens is 2. The molecule has 94 valence electrons. The lowest BCUT2D eigenvalue weighted by molar-refractivity contribution is -0.217. The highest BCUT2D eigenvalue weighted by atomic mass is 19.3. The van der Waals surface area contributed by atoms with Crippen LogP contribution in [0.4, 0.5) is 8.78 Å². The average molecular weight is 245 g/mol. The van der Waals surface area contributed by atoms with Crippen LogP contribution in [-0.2, 0) is 4.79 Å². The summed E-state index contributed by atoms with van der Waals surface area (Å²) >= 11 is 0. The van der Waals surface area contributed by atoms with Crippen LogP contribution in [-0.4, -0.2) is 34.5 Å². The molecule has 0 saturated carbocycles. The second-order valence-corrected chi connectivity index (χ2v) is 4.00. The number of likely N-dealkylation sites (tertiary alicyclic amines) is 1. The second-order valence-electron chi connectivity index (χ2n) is 4.00. The number of nitrogens with zero attached hydrogens (tertiary/aromatic N) is 1. The molecule has 1 N–H and O–H groups in total. The summed E-state index contributed by atoms with van der Waals surface area (Å²) < 4.78 is 32.0. The van der Waals surface area contributed by atoms with Gasteiger partial charge in [0.15, 0.2) is 6.04 Å². The lowest BCUT2D eigenvalue weighted by atomic mass is 9.91. The van der Waals surface area contributed by atoms with Crippen molar-refractivity contribution in [2.24, 2.45) is 0 Å². The Kier molecular flexibility index (Phi) is 2.91. The monoisotopic (exact) mass is 245 g/mol. The van der Waals surface area contributed by atoms with Crippen molar-refractivity contribution < 1.29 is 23.1 Å². The number of aliphatic hydroxyl groups excluding tert-OH is 1. The molecule has 1 aliphatic heterocycles. The highest BCUT2D eigenvalue weighted by Crippen LogP contribution is 2.48. The Morgan fingerprint density at radius 2 is 2.35 bits per heavy atom. The van der Waals surface area contributed by atoms with Crippen LogP contribution in [0.5, 0.6) is 0 Å². The van der Waals surface area contributed by atoms with Crippen molar-refractivity contribution in [1.29, 1.82) is 0 Å². The number of hydrogen-bond donors (Lipinski definition) is 1. The van der Waals surface area contributed by atoms with E-state index in [0.717, 1.165) is 4.90 Å². The van der Waals surface area contributed by atoms with Gasteiger partial charge in [0.25, 0.3) is 5.91 Å². The molecule has 1 saturated heterocycles. The number of amides is 1. The summed E-state index contributed by atoms with van der Waals surface area (Å²) in [7, 11) is 0. The van der Waals surface area contributed by atoms with Gasteiger partial charge in [0.1, 0.15) is 5.76 Å². The molecule has 1 amide bonds. The van der Waals surface area contributed by atoms with E-state index in [-0.39, 0.29) is 12.4 Å². The zero-order valence-corrected chi connectivity index (χ0v) is 9.27. The van der Waals surface area contributed by atoms with Crippen molar-refractivity contribution >= 4 is 5.91 Å². The van der Waals surface area contributed by atoms with Crippen molar-refractivity contribution in [3.05, 3.63) is 24.2 Å². The first kappa shape index (κ1) is 12.0. The smallest absolute Gasteiger partial charge is 0.351 e. The zero-order chi connectivity index (χ0) is 12.6. The van der Waals surface area contributed by atoms with Crippen LogP contribution < -0.4 is 0 Å². The van der Waals surface area contributed by atoms with E-state index in [1.165, 1.54) is 18.4 Å². The number of rotatable bonds is 4. The van der Waals surface area contributed by atoms with E-state index in [1.807, 2.05) is 0 Å². The van der Waals surface area contributed by atoms with Crippen molar-refractivity contribution in [2.45, 2.75) is 31.4 Å². The standard InChI is InChI=1S/C11H13F2NO3/c1-2-7(6-15)14-9(8-4-3-5-17-8)11(12,13)10(14)16/h3-5,7,9,15H,2,6H2,1H3/t7-,9-/m0/s1. The van der Waals surface area contributed by atoms with Crippen LogP contribution in [0.25, 0.3) is 0 Å². The van der Waals surface area contributed by atoms with Crippen molar-refractivity contribution in [3.8, 4) is 0 Å². The minimum absolute atomic E-state index is 0.0431. The summed E-state index contributed by atoms with van der Waals surface area (Å²) in [6, 6.07) is 0.897. The van der Waals surface area contributed by atoms with Crippen molar-refractivity contribution in [1.82, 2.24) is 4.90 Å². The number of hydrogen-bond acceptors (Lipinski definition) is 3. The molecule has 4 nitrogen and oxygen atoms in total. The maximum Gasteiger partial charge on any atom is 0.351 e. The number of furan rings is 1. The number of aliphatic hydroxyl groups is 1. The summed E-state index contributed by atoms with van der Waals surface area (Å²) in [4.78, 5) is 12.4. The van der Waals surface area contributed by atoms with E-state index >= 15 is 0 Å². The van der Waals surface area contributed by atoms with Crippen molar-refractivity contribution in [3.63, 3.8) is 0 Å². The fourth-order valence-corrected chi connectivity index (χ4v) is 2.07. The summed E-state index contributed by atoms with van der Waals surface area (Å²) in [6.07, 6.45) is 1.70. The van der Waals surface area contributed by atoms with Gasteiger partial charge < -0.3 is 14.4 Å². The molecule has 2 rings (SSSR count). The van der Waals surface area contributed by atoms with Crippen LogP contribution in [0.1, 0.15) is 25.1 Å². The third-order valence-electron chi connectivity index (χ3n) is 3.03. The number of β-lactam (4-membered cyclic amide) rings is 1. The van der Waals surface area contributed by atoms with E-state index < -0.39 is 23.9 Å². The second kappa shape index (κ2) is 4.10. The number of carbonyl (C=O) groups excluding carboxylic acids is 1. The summed E-state index contributed by atoms with van der Waals surface area (Å²) in [5.41, 5.74) is 0.